The molecule has 2 heterocycles. The summed E-state index contributed by atoms with van der Waals surface area (Å²) in [7, 11) is 0. The molecular formula is C21H20N2O. The summed E-state index contributed by atoms with van der Waals surface area (Å²) in [6, 6.07) is 22.4. The first-order chi connectivity index (χ1) is 11.8. The van der Waals surface area contributed by atoms with Gasteiger partial charge in [-0.3, -0.25) is 4.79 Å². The molecule has 3 nitrogen and oxygen atoms in total. The fraction of sp³-hybridized carbons (Fsp3) is 0.190. The SMILES string of the molecule is O=C(c1ccc(-n2cccc2)cc1)N1CCC[C@@H]1c1ccccc1. The van der Waals surface area contributed by atoms with Crippen molar-refractivity contribution in [1.82, 2.24) is 9.47 Å². The molecule has 0 N–H and O–H groups in total. The van der Waals surface area contributed by atoms with Gasteiger partial charge in [0.25, 0.3) is 5.91 Å². The molecule has 3 aromatic rings. The van der Waals surface area contributed by atoms with Gasteiger partial charge in [-0.05, 0) is 54.8 Å². The van der Waals surface area contributed by atoms with Crippen LogP contribution in [0.15, 0.2) is 79.1 Å². The molecular weight excluding hydrogens is 296 g/mol. The van der Waals surface area contributed by atoms with E-state index in [0.717, 1.165) is 30.6 Å². The predicted molar refractivity (Wildman–Crippen MR) is 95.2 cm³/mol. The smallest absolute Gasteiger partial charge is 0.254 e. The summed E-state index contributed by atoms with van der Waals surface area (Å²) in [6.45, 7) is 0.831. The number of carbonyl (C=O) groups is 1. The second-order valence-electron chi connectivity index (χ2n) is 6.20. The van der Waals surface area contributed by atoms with Crippen molar-refractivity contribution in [2.45, 2.75) is 18.9 Å². The third kappa shape index (κ3) is 2.73. The van der Waals surface area contributed by atoms with E-state index in [9.17, 15) is 4.79 Å². The number of rotatable bonds is 3. The number of likely N-dealkylation sites (tertiary alicyclic amines) is 1. The quantitative estimate of drug-likeness (QED) is 0.700. The Morgan fingerprint density at radius 1 is 0.875 bits per heavy atom. The molecule has 0 bridgehead atoms. The summed E-state index contributed by atoms with van der Waals surface area (Å²) < 4.78 is 2.04. The number of carbonyl (C=O) groups excluding carboxylic acids is 1. The van der Waals surface area contributed by atoms with E-state index in [4.69, 9.17) is 0 Å². The molecule has 4 rings (SSSR count). The molecule has 0 spiro atoms. The van der Waals surface area contributed by atoms with E-state index in [1.54, 1.807) is 0 Å². The summed E-state index contributed by atoms with van der Waals surface area (Å²) in [5.74, 6) is 0.125. The van der Waals surface area contributed by atoms with Crippen LogP contribution >= 0.6 is 0 Å². The molecule has 120 valence electrons. The Kier molecular flexibility index (Phi) is 3.91. The van der Waals surface area contributed by atoms with Gasteiger partial charge in [0, 0.05) is 30.2 Å². The minimum absolute atomic E-state index is 0.125. The maximum absolute atomic E-state index is 12.9. The molecule has 3 heteroatoms. The molecule has 2 aromatic carbocycles. The lowest BCUT2D eigenvalue weighted by Crippen LogP contribution is -2.30. The van der Waals surface area contributed by atoms with Crippen molar-refractivity contribution >= 4 is 5.91 Å². The normalized spacial score (nSPS) is 17.2. The van der Waals surface area contributed by atoms with Gasteiger partial charge in [-0.25, -0.2) is 0 Å². The molecule has 0 radical (unpaired) electrons. The van der Waals surface area contributed by atoms with Crippen molar-refractivity contribution in [1.29, 1.82) is 0 Å². The minimum atomic E-state index is 0.125. The Morgan fingerprint density at radius 3 is 2.29 bits per heavy atom. The number of benzene rings is 2. The molecule has 0 aliphatic carbocycles. The fourth-order valence-corrected chi connectivity index (χ4v) is 3.48. The van der Waals surface area contributed by atoms with E-state index in [1.807, 2.05) is 76.5 Å². The first-order valence-electron chi connectivity index (χ1n) is 8.42. The predicted octanol–water partition coefficient (Wildman–Crippen LogP) is 4.45. The van der Waals surface area contributed by atoms with Crippen LogP contribution in [0.2, 0.25) is 0 Å². The number of hydrogen-bond acceptors (Lipinski definition) is 1. The molecule has 1 atom stereocenters. The summed E-state index contributed by atoms with van der Waals surface area (Å²) in [5, 5.41) is 0. The molecule has 1 aliphatic heterocycles. The topological polar surface area (TPSA) is 25.2 Å². The number of amides is 1. The van der Waals surface area contributed by atoms with Crippen LogP contribution in [0.1, 0.15) is 34.8 Å². The van der Waals surface area contributed by atoms with Gasteiger partial charge < -0.3 is 9.47 Å². The van der Waals surface area contributed by atoms with Gasteiger partial charge >= 0.3 is 0 Å². The van der Waals surface area contributed by atoms with Crippen LogP contribution in [0, 0.1) is 0 Å². The first-order valence-corrected chi connectivity index (χ1v) is 8.42. The Bertz CT molecular complexity index is 807. The maximum atomic E-state index is 12.9. The van der Waals surface area contributed by atoms with Gasteiger partial charge in [0.2, 0.25) is 0 Å². The summed E-state index contributed by atoms with van der Waals surface area (Å²) >= 11 is 0. The first kappa shape index (κ1) is 14.8. The van der Waals surface area contributed by atoms with E-state index in [1.165, 1.54) is 5.56 Å². The Hall–Kier alpha value is -2.81. The van der Waals surface area contributed by atoms with E-state index in [2.05, 4.69) is 12.1 Å². The zero-order valence-corrected chi connectivity index (χ0v) is 13.5. The lowest BCUT2D eigenvalue weighted by Gasteiger charge is -2.25. The fourth-order valence-electron chi connectivity index (χ4n) is 3.48. The second-order valence-corrected chi connectivity index (χ2v) is 6.20. The zero-order chi connectivity index (χ0) is 16.4. The van der Waals surface area contributed by atoms with Crippen LogP contribution in [-0.4, -0.2) is 21.9 Å². The van der Waals surface area contributed by atoms with Crippen molar-refractivity contribution in [3.63, 3.8) is 0 Å². The second kappa shape index (κ2) is 6.36. The Morgan fingerprint density at radius 2 is 1.58 bits per heavy atom. The lowest BCUT2D eigenvalue weighted by molar-refractivity contribution is 0.0735. The largest absolute Gasteiger partial charge is 0.332 e. The number of hydrogen-bond donors (Lipinski definition) is 0. The summed E-state index contributed by atoms with van der Waals surface area (Å²) in [4.78, 5) is 15.0. The Labute approximate surface area is 142 Å². The minimum Gasteiger partial charge on any atom is -0.332 e. The summed E-state index contributed by atoms with van der Waals surface area (Å²) in [6.07, 6.45) is 6.11. The van der Waals surface area contributed by atoms with Gasteiger partial charge in [0.05, 0.1) is 6.04 Å². The molecule has 1 fully saturated rings. The van der Waals surface area contributed by atoms with Crippen molar-refractivity contribution in [3.8, 4) is 5.69 Å². The lowest BCUT2D eigenvalue weighted by atomic mass is 10.0. The number of nitrogens with zero attached hydrogens (tertiary/aromatic N) is 2. The van der Waals surface area contributed by atoms with E-state index in [0.29, 0.717) is 0 Å². The molecule has 1 saturated heterocycles. The van der Waals surface area contributed by atoms with E-state index < -0.39 is 0 Å². The van der Waals surface area contributed by atoms with Crippen molar-refractivity contribution < 1.29 is 4.79 Å². The Balaban J connectivity index is 1.56. The molecule has 0 unspecified atom stereocenters. The highest BCUT2D eigenvalue weighted by Gasteiger charge is 2.30. The van der Waals surface area contributed by atoms with Crippen LogP contribution in [0.3, 0.4) is 0 Å². The average molecular weight is 316 g/mol. The van der Waals surface area contributed by atoms with Crippen LogP contribution in [0.25, 0.3) is 5.69 Å². The molecule has 24 heavy (non-hydrogen) atoms. The van der Waals surface area contributed by atoms with E-state index in [-0.39, 0.29) is 11.9 Å². The van der Waals surface area contributed by atoms with Gasteiger partial charge in [-0.1, -0.05) is 30.3 Å². The van der Waals surface area contributed by atoms with Crippen LogP contribution in [-0.2, 0) is 0 Å². The van der Waals surface area contributed by atoms with Crippen molar-refractivity contribution in [2.75, 3.05) is 6.54 Å². The van der Waals surface area contributed by atoms with Crippen LogP contribution in [0.5, 0.6) is 0 Å². The highest BCUT2D eigenvalue weighted by molar-refractivity contribution is 5.94. The van der Waals surface area contributed by atoms with Crippen molar-refractivity contribution in [2.24, 2.45) is 0 Å². The highest BCUT2D eigenvalue weighted by atomic mass is 16.2. The summed E-state index contributed by atoms with van der Waals surface area (Å²) in [5.41, 5.74) is 3.05. The third-order valence-corrected chi connectivity index (χ3v) is 4.71. The molecule has 1 aliphatic rings. The van der Waals surface area contributed by atoms with Crippen molar-refractivity contribution in [3.05, 3.63) is 90.3 Å². The zero-order valence-electron chi connectivity index (χ0n) is 13.5. The van der Waals surface area contributed by atoms with Crippen LogP contribution < -0.4 is 0 Å². The third-order valence-electron chi connectivity index (χ3n) is 4.71. The van der Waals surface area contributed by atoms with Crippen LogP contribution in [0.4, 0.5) is 0 Å². The monoisotopic (exact) mass is 316 g/mol. The number of aromatic nitrogens is 1. The molecule has 1 aromatic heterocycles. The van der Waals surface area contributed by atoms with Gasteiger partial charge in [-0.15, -0.1) is 0 Å². The molecule has 1 amide bonds. The van der Waals surface area contributed by atoms with Gasteiger partial charge in [-0.2, -0.15) is 0 Å². The average Bonchev–Trinajstić information content (AvgIpc) is 3.34. The van der Waals surface area contributed by atoms with Gasteiger partial charge in [0.15, 0.2) is 0 Å². The van der Waals surface area contributed by atoms with E-state index >= 15 is 0 Å². The standard InChI is InChI=1S/C21H20N2O/c24-21(18-10-12-19(13-11-18)22-14-4-5-15-22)23-16-6-9-20(23)17-7-2-1-3-8-17/h1-5,7-8,10-15,20H,6,9,16H2/t20-/m1/s1. The molecule has 0 saturated carbocycles. The highest BCUT2D eigenvalue weighted by Crippen LogP contribution is 2.33. The maximum Gasteiger partial charge on any atom is 0.254 e. The van der Waals surface area contributed by atoms with Gasteiger partial charge in [0.1, 0.15) is 0 Å².